The van der Waals surface area contributed by atoms with Crippen LogP contribution < -0.4 is 0 Å². The molecule has 0 fully saturated rings. The molecule has 1 rings (SSSR count). The number of nitrogens with one attached hydrogen (secondary N) is 1. The molecule has 0 aliphatic heterocycles. The number of aromatic nitrogens is 2. The Balaban J connectivity index is 2.24. The van der Waals surface area contributed by atoms with Gasteiger partial charge in [-0.15, -0.1) is 0 Å². The first-order valence-corrected chi connectivity index (χ1v) is 6.17. The number of aromatic amines is 1. The largest absolute Gasteiger partial charge is 0.395 e. The smallest absolute Gasteiger partial charge is 0.0922 e. The van der Waals surface area contributed by atoms with Gasteiger partial charge in [0.1, 0.15) is 0 Å². The molecule has 0 aromatic carbocycles. The third kappa shape index (κ3) is 5.28. The Bertz CT molecular complexity index is 249. The molecule has 4 heteroatoms. The predicted molar refractivity (Wildman–Crippen MR) is 65.1 cm³/mol. The number of unbranched alkanes of at least 4 members (excludes halogenated alkanes) is 3. The van der Waals surface area contributed by atoms with Crippen LogP contribution in [0.15, 0.2) is 12.5 Å². The van der Waals surface area contributed by atoms with Gasteiger partial charge in [-0.25, -0.2) is 4.98 Å². The van der Waals surface area contributed by atoms with Gasteiger partial charge in [0.05, 0.1) is 12.9 Å². The fraction of sp³-hybridized carbons (Fsp3) is 0.750. The number of hydrogen-bond acceptors (Lipinski definition) is 3. The number of imidazole rings is 1. The second-order valence-corrected chi connectivity index (χ2v) is 4.14. The van der Waals surface area contributed by atoms with Crippen LogP contribution in [0.1, 0.15) is 38.3 Å². The van der Waals surface area contributed by atoms with Crippen LogP contribution in [0.3, 0.4) is 0 Å². The molecule has 2 N–H and O–H groups in total. The Morgan fingerprint density at radius 1 is 1.31 bits per heavy atom. The number of hydrogen-bond donors (Lipinski definition) is 2. The molecule has 0 saturated heterocycles. The van der Waals surface area contributed by atoms with Gasteiger partial charge in [0.2, 0.25) is 0 Å². The predicted octanol–water partition coefficient (Wildman–Crippen LogP) is 1.78. The van der Waals surface area contributed by atoms with Crippen LogP contribution >= 0.6 is 0 Å². The average Bonchev–Trinajstić information content (AvgIpc) is 2.77. The van der Waals surface area contributed by atoms with E-state index >= 15 is 0 Å². The lowest BCUT2D eigenvalue weighted by molar-refractivity contribution is 0.186. The SMILES string of the molecule is CCCCCCN(CCO)Cc1cnc[nH]1. The topological polar surface area (TPSA) is 52.1 Å². The Hall–Kier alpha value is -0.870. The Labute approximate surface area is 97.7 Å². The molecule has 1 aromatic heterocycles. The maximum absolute atomic E-state index is 9.00. The zero-order chi connectivity index (χ0) is 11.6. The van der Waals surface area contributed by atoms with Gasteiger partial charge >= 0.3 is 0 Å². The fourth-order valence-corrected chi connectivity index (χ4v) is 1.79. The van der Waals surface area contributed by atoms with E-state index in [1.54, 1.807) is 6.33 Å². The molecule has 1 aromatic rings. The van der Waals surface area contributed by atoms with E-state index in [1.165, 1.54) is 25.7 Å². The highest BCUT2D eigenvalue weighted by atomic mass is 16.3. The molecule has 0 saturated carbocycles. The van der Waals surface area contributed by atoms with Gasteiger partial charge in [-0.1, -0.05) is 26.2 Å². The number of nitrogens with zero attached hydrogens (tertiary/aromatic N) is 2. The molecule has 16 heavy (non-hydrogen) atoms. The molecule has 0 aliphatic rings. The first-order chi connectivity index (χ1) is 7.86. The summed E-state index contributed by atoms with van der Waals surface area (Å²) in [6, 6.07) is 0. The van der Waals surface area contributed by atoms with Crippen molar-refractivity contribution >= 4 is 0 Å². The van der Waals surface area contributed by atoms with Gasteiger partial charge in [0.25, 0.3) is 0 Å². The van der Waals surface area contributed by atoms with Crippen LogP contribution in [0.4, 0.5) is 0 Å². The standard InChI is InChI=1S/C12H23N3O/c1-2-3-4-5-6-15(7-8-16)10-12-9-13-11-14-12/h9,11,16H,2-8,10H2,1H3,(H,13,14). The molecule has 92 valence electrons. The Morgan fingerprint density at radius 3 is 2.81 bits per heavy atom. The van der Waals surface area contributed by atoms with Crippen LogP contribution in [-0.4, -0.2) is 39.7 Å². The molecule has 0 spiro atoms. The molecule has 0 bridgehead atoms. The van der Waals surface area contributed by atoms with Crippen molar-refractivity contribution in [3.05, 3.63) is 18.2 Å². The highest BCUT2D eigenvalue weighted by molar-refractivity contribution is 4.93. The van der Waals surface area contributed by atoms with Crippen molar-refractivity contribution in [2.45, 2.75) is 39.2 Å². The Kier molecular flexibility index (Phi) is 6.85. The third-order valence-electron chi connectivity index (χ3n) is 2.69. The zero-order valence-electron chi connectivity index (χ0n) is 10.2. The molecule has 0 unspecified atom stereocenters. The Morgan fingerprint density at radius 2 is 2.19 bits per heavy atom. The van der Waals surface area contributed by atoms with Crippen molar-refractivity contribution in [3.8, 4) is 0 Å². The van der Waals surface area contributed by atoms with Gasteiger partial charge in [-0.05, 0) is 13.0 Å². The van der Waals surface area contributed by atoms with Crippen LogP contribution in [0.2, 0.25) is 0 Å². The average molecular weight is 225 g/mol. The molecular formula is C12H23N3O. The highest BCUT2D eigenvalue weighted by Gasteiger charge is 2.05. The van der Waals surface area contributed by atoms with E-state index < -0.39 is 0 Å². The van der Waals surface area contributed by atoms with Crippen molar-refractivity contribution in [1.29, 1.82) is 0 Å². The second kappa shape index (κ2) is 8.30. The summed E-state index contributed by atoms with van der Waals surface area (Å²) < 4.78 is 0. The van der Waals surface area contributed by atoms with Crippen molar-refractivity contribution in [3.63, 3.8) is 0 Å². The van der Waals surface area contributed by atoms with Crippen molar-refractivity contribution in [2.24, 2.45) is 0 Å². The van der Waals surface area contributed by atoms with E-state index in [2.05, 4.69) is 21.8 Å². The summed E-state index contributed by atoms with van der Waals surface area (Å²) in [7, 11) is 0. The van der Waals surface area contributed by atoms with Gasteiger partial charge in [0.15, 0.2) is 0 Å². The zero-order valence-corrected chi connectivity index (χ0v) is 10.2. The molecule has 1 heterocycles. The maximum Gasteiger partial charge on any atom is 0.0922 e. The quantitative estimate of drug-likeness (QED) is 0.630. The van der Waals surface area contributed by atoms with Crippen LogP contribution in [0.25, 0.3) is 0 Å². The van der Waals surface area contributed by atoms with E-state index in [0.717, 1.165) is 25.3 Å². The van der Waals surface area contributed by atoms with Crippen molar-refractivity contribution in [2.75, 3.05) is 19.7 Å². The van der Waals surface area contributed by atoms with Crippen LogP contribution in [0.5, 0.6) is 0 Å². The lowest BCUT2D eigenvalue weighted by atomic mass is 10.2. The molecule has 0 radical (unpaired) electrons. The summed E-state index contributed by atoms with van der Waals surface area (Å²) in [5, 5.41) is 9.00. The lowest BCUT2D eigenvalue weighted by Gasteiger charge is -2.20. The molecule has 0 aliphatic carbocycles. The van der Waals surface area contributed by atoms with Gasteiger partial charge < -0.3 is 10.1 Å². The summed E-state index contributed by atoms with van der Waals surface area (Å²) >= 11 is 0. The third-order valence-corrected chi connectivity index (χ3v) is 2.69. The van der Waals surface area contributed by atoms with Gasteiger partial charge in [-0.3, -0.25) is 4.90 Å². The summed E-state index contributed by atoms with van der Waals surface area (Å²) in [6.45, 7) is 5.09. The van der Waals surface area contributed by atoms with Crippen molar-refractivity contribution in [1.82, 2.24) is 14.9 Å². The minimum atomic E-state index is 0.224. The molecular weight excluding hydrogens is 202 g/mol. The van der Waals surface area contributed by atoms with Crippen molar-refractivity contribution < 1.29 is 5.11 Å². The summed E-state index contributed by atoms with van der Waals surface area (Å²) in [5.41, 5.74) is 1.11. The first kappa shape index (κ1) is 13.2. The first-order valence-electron chi connectivity index (χ1n) is 6.17. The summed E-state index contributed by atoms with van der Waals surface area (Å²) in [6.07, 6.45) is 8.60. The van der Waals surface area contributed by atoms with E-state index in [-0.39, 0.29) is 6.61 Å². The number of H-pyrrole nitrogens is 1. The van der Waals surface area contributed by atoms with E-state index in [4.69, 9.17) is 5.11 Å². The molecule has 4 nitrogen and oxygen atoms in total. The number of rotatable bonds is 9. The minimum Gasteiger partial charge on any atom is -0.395 e. The summed E-state index contributed by atoms with van der Waals surface area (Å²) in [5.74, 6) is 0. The second-order valence-electron chi connectivity index (χ2n) is 4.14. The minimum absolute atomic E-state index is 0.224. The fourth-order valence-electron chi connectivity index (χ4n) is 1.79. The van der Waals surface area contributed by atoms with Gasteiger partial charge in [-0.2, -0.15) is 0 Å². The monoisotopic (exact) mass is 225 g/mol. The maximum atomic E-state index is 9.00. The highest BCUT2D eigenvalue weighted by Crippen LogP contribution is 2.04. The molecule has 0 amide bonds. The summed E-state index contributed by atoms with van der Waals surface area (Å²) in [4.78, 5) is 9.36. The molecule has 0 atom stereocenters. The number of aliphatic hydroxyl groups is 1. The van der Waals surface area contributed by atoms with Crippen LogP contribution in [0, 0.1) is 0 Å². The normalized spacial score (nSPS) is 11.2. The van der Waals surface area contributed by atoms with E-state index in [1.807, 2.05) is 6.20 Å². The van der Waals surface area contributed by atoms with E-state index in [0.29, 0.717) is 0 Å². The number of aliphatic hydroxyl groups excluding tert-OH is 1. The van der Waals surface area contributed by atoms with Crippen LogP contribution in [-0.2, 0) is 6.54 Å². The van der Waals surface area contributed by atoms with E-state index in [9.17, 15) is 0 Å². The van der Waals surface area contributed by atoms with Gasteiger partial charge in [0, 0.05) is 25.0 Å². The lowest BCUT2D eigenvalue weighted by Crippen LogP contribution is -2.27.